The average Bonchev–Trinajstić information content (AvgIpc) is 3.10. The van der Waals surface area contributed by atoms with E-state index in [0.29, 0.717) is 49.8 Å². The second-order valence-corrected chi connectivity index (χ2v) is 11.1. The maximum Gasteiger partial charge on any atom is 0.338 e. The van der Waals surface area contributed by atoms with Crippen molar-refractivity contribution in [2.75, 3.05) is 33.4 Å². The number of unbranched alkanes of at least 4 members (excludes halogenated alkanes) is 1. The highest BCUT2D eigenvalue weighted by atomic mass is 16.5. The van der Waals surface area contributed by atoms with Crippen LogP contribution in [0.2, 0.25) is 0 Å². The van der Waals surface area contributed by atoms with E-state index in [1.807, 2.05) is 30.3 Å². The van der Waals surface area contributed by atoms with Gasteiger partial charge in [-0.15, -0.1) is 0 Å². The fourth-order valence-electron chi connectivity index (χ4n) is 5.06. The molecule has 0 saturated heterocycles. The molecule has 0 heterocycles. The molecule has 7 heteroatoms. The van der Waals surface area contributed by atoms with E-state index in [2.05, 4.69) is 42.2 Å². The number of hydrogen-bond donors (Lipinski definition) is 0. The molecule has 0 atom stereocenters. The number of rotatable bonds is 18. The van der Waals surface area contributed by atoms with E-state index in [0.717, 1.165) is 41.8 Å². The van der Waals surface area contributed by atoms with Crippen LogP contribution >= 0.6 is 0 Å². The van der Waals surface area contributed by atoms with Crippen LogP contribution in [0.1, 0.15) is 69.7 Å². The topological polar surface area (TPSA) is 74.3 Å². The Bertz CT molecular complexity index is 1500. The number of nitrogens with zero attached hydrogens (tertiary/aromatic N) is 1. The summed E-state index contributed by atoms with van der Waals surface area (Å²) < 4.78 is 22.3. The van der Waals surface area contributed by atoms with Crippen molar-refractivity contribution < 1.29 is 28.5 Å². The lowest BCUT2D eigenvalue weighted by molar-refractivity contribution is 0.0525. The van der Waals surface area contributed by atoms with Crippen molar-refractivity contribution in [3.8, 4) is 11.5 Å². The van der Waals surface area contributed by atoms with Gasteiger partial charge in [0.05, 0.1) is 24.8 Å². The number of benzene rings is 4. The molecule has 0 saturated carbocycles. The van der Waals surface area contributed by atoms with Crippen LogP contribution < -0.4 is 9.47 Å². The molecule has 0 bridgehead atoms. The first-order valence-electron chi connectivity index (χ1n) is 16.1. The zero-order valence-corrected chi connectivity index (χ0v) is 27.2. The van der Waals surface area contributed by atoms with E-state index in [1.165, 1.54) is 25.5 Å². The number of methoxy groups -OCH3 is 1. The molecule has 4 rings (SSSR count). The van der Waals surface area contributed by atoms with Crippen molar-refractivity contribution in [2.24, 2.45) is 0 Å². The van der Waals surface area contributed by atoms with Gasteiger partial charge < -0.3 is 18.9 Å². The molecular formula is C39H45NO6. The Balaban J connectivity index is 1.38. The molecular weight excluding hydrogens is 578 g/mol. The summed E-state index contributed by atoms with van der Waals surface area (Å²) in [5.41, 5.74) is 5.76. The number of para-hydroxylation sites is 1. The summed E-state index contributed by atoms with van der Waals surface area (Å²) >= 11 is 0. The fourth-order valence-corrected chi connectivity index (χ4v) is 5.06. The van der Waals surface area contributed by atoms with E-state index >= 15 is 0 Å². The van der Waals surface area contributed by atoms with Crippen LogP contribution in [0.15, 0.2) is 97.1 Å². The van der Waals surface area contributed by atoms with Gasteiger partial charge in [0.15, 0.2) is 0 Å². The van der Waals surface area contributed by atoms with Crippen LogP contribution in [-0.2, 0) is 35.5 Å². The standard InChI is InChI=1S/C39H45NO6/c1-4-6-9-30-12-14-32(15-13-30)29-46-37-11-8-7-10-33(37)24-25-40(28-31-16-18-34(19-17-31)38(41)43-3)26-27-45-36-22-20-35(21-23-36)39(42)44-5-2/h7-8,10-23H,4-6,9,24-29H2,1-3H3. The molecule has 4 aromatic carbocycles. The maximum absolute atomic E-state index is 12.0. The molecule has 4 aromatic rings. The summed E-state index contributed by atoms with van der Waals surface area (Å²) in [5, 5.41) is 0. The third-order valence-electron chi connectivity index (χ3n) is 7.73. The Labute approximate surface area is 273 Å². The van der Waals surface area contributed by atoms with E-state index in [9.17, 15) is 9.59 Å². The van der Waals surface area contributed by atoms with Crippen LogP contribution in [0, 0.1) is 0 Å². The molecule has 0 radical (unpaired) electrons. The SMILES string of the molecule is CCCCc1ccc(COc2ccccc2CCN(CCOc2ccc(C(=O)OCC)cc2)Cc2ccc(C(=O)OC)cc2)cc1. The van der Waals surface area contributed by atoms with Crippen LogP contribution in [0.4, 0.5) is 0 Å². The van der Waals surface area contributed by atoms with Crippen LogP contribution in [0.25, 0.3) is 0 Å². The maximum atomic E-state index is 12.0. The highest BCUT2D eigenvalue weighted by Crippen LogP contribution is 2.22. The van der Waals surface area contributed by atoms with Crippen molar-refractivity contribution in [1.29, 1.82) is 0 Å². The van der Waals surface area contributed by atoms with Crippen LogP contribution in [-0.4, -0.2) is 50.3 Å². The summed E-state index contributed by atoms with van der Waals surface area (Å²) in [6, 6.07) is 31.4. The van der Waals surface area contributed by atoms with Crippen molar-refractivity contribution in [3.63, 3.8) is 0 Å². The lowest BCUT2D eigenvalue weighted by atomic mass is 10.1. The van der Waals surface area contributed by atoms with E-state index < -0.39 is 0 Å². The highest BCUT2D eigenvalue weighted by molar-refractivity contribution is 5.89. The molecule has 0 amide bonds. The highest BCUT2D eigenvalue weighted by Gasteiger charge is 2.12. The summed E-state index contributed by atoms with van der Waals surface area (Å²) in [4.78, 5) is 26.2. The number of aryl methyl sites for hydroxylation is 1. The fraction of sp³-hybridized carbons (Fsp3) is 0.333. The van der Waals surface area contributed by atoms with Gasteiger partial charge in [0.2, 0.25) is 0 Å². The van der Waals surface area contributed by atoms with Crippen molar-refractivity contribution in [3.05, 3.63) is 130 Å². The van der Waals surface area contributed by atoms with Gasteiger partial charge in [-0.3, -0.25) is 4.90 Å². The van der Waals surface area contributed by atoms with E-state index in [-0.39, 0.29) is 11.9 Å². The normalized spacial score (nSPS) is 10.9. The molecule has 0 aliphatic heterocycles. The number of ether oxygens (including phenoxy) is 4. The van der Waals surface area contributed by atoms with Gasteiger partial charge >= 0.3 is 11.9 Å². The Morgan fingerprint density at radius 1 is 0.674 bits per heavy atom. The summed E-state index contributed by atoms with van der Waals surface area (Å²) in [5.74, 6) is 0.878. The monoisotopic (exact) mass is 623 g/mol. The minimum atomic E-state index is -0.352. The molecule has 46 heavy (non-hydrogen) atoms. The molecule has 0 aliphatic carbocycles. The number of esters is 2. The molecule has 0 fully saturated rings. The zero-order chi connectivity index (χ0) is 32.6. The molecule has 0 aromatic heterocycles. The molecule has 0 spiro atoms. The second-order valence-electron chi connectivity index (χ2n) is 11.1. The predicted molar refractivity (Wildman–Crippen MR) is 180 cm³/mol. The van der Waals surface area contributed by atoms with Gasteiger partial charge in [-0.2, -0.15) is 0 Å². The first-order chi connectivity index (χ1) is 22.5. The van der Waals surface area contributed by atoms with Gasteiger partial charge in [-0.25, -0.2) is 9.59 Å². The quantitative estimate of drug-likeness (QED) is 0.105. The molecule has 0 unspecified atom stereocenters. The van der Waals surface area contributed by atoms with Gasteiger partial charge in [-0.05, 0) is 90.9 Å². The second kappa shape index (κ2) is 18.4. The molecule has 0 N–H and O–H groups in total. The summed E-state index contributed by atoms with van der Waals surface area (Å²) in [6.07, 6.45) is 4.30. The Hall–Kier alpha value is -4.62. The molecule has 0 aliphatic rings. The average molecular weight is 624 g/mol. The minimum absolute atomic E-state index is 0.335. The van der Waals surface area contributed by atoms with Gasteiger partial charge in [-0.1, -0.05) is 67.9 Å². The van der Waals surface area contributed by atoms with Crippen molar-refractivity contribution in [1.82, 2.24) is 4.90 Å². The van der Waals surface area contributed by atoms with Crippen molar-refractivity contribution >= 4 is 11.9 Å². The number of carbonyl (C=O) groups is 2. The predicted octanol–water partition coefficient (Wildman–Crippen LogP) is 7.70. The number of carbonyl (C=O) groups excluding carboxylic acids is 2. The van der Waals surface area contributed by atoms with Crippen LogP contribution in [0.5, 0.6) is 11.5 Å². The third kappa shape index (κ3) is 10.8. The Kier molecular flexibility index (Phi) is 13.7. The van der Waals surface area contributed by atoms with Crippen LogP contribution in [0.3, 0.4) is 0 Å². The number of hydrogen-bond acceptors (Lipinski definition) is 7. The van der Waals surface area contributed by atoms with Gasteiger partial charge in [0.25, 0.3) is 0 Å². The molecule has 242 valence electrons. The smallest absolute Gasteiger partial charge is 0.338 e. The largest absolute Gasteiger partial charge is 0.492 e. The minimum Gasteiger partial charge on any atom is -0.492 e. The van der Waals surface area contributed by atoms with Gasteiger partial charge in [0.1, 0.15) is 24.7 Å². The lowest BCUT2D eigenvalue weighted by Crippen LogP contribution is -2.30. The molecule has 7 nitrogen and oxygen atoms in total. The third-order valence-corrected chi connectivity index (χ3v) is 7.73. The first-order valence-corrected chi connectivity index (χ1v) is 16.1. The Morgan fingerprint density at radius 3 is 2.02 bits per heavy atom. The summed E-state index contributed by atoms with van der Waals surface area (Å²) in [6.45, 7) is 7.44. The summed E-state index contributed by atoms with van der Waals surface area (Å²) in [7, 11) is 1.38. The first kappa shape index (κ1) is 34.3. The van der Waals surface area contributed by atoms with Crippen molar-refractivity contribution in [2.45, 2.75) is 52.7 Å². The lowest BCUT2D eigenvalue weighted by Gasteiger charge is -2.23. The van der Waals surface area contributed by atoms with Gasteiger partial charge in [0, 0.05) is 19.6 Å². The van der Waals surface area contributed by atoms with E-state index in [1.54, 1.807) is 43.3 Å². The Morgan fingerprint density at radius 2 is 1.33 bits per heavy atom. The zero-order valence-electron chi connectivity index (χ0n) is 27.2. The van der Waals surface area contributed by atoms with E-state index in [4.69, 9.17) is 18.9 Å².